The molecular weight excluding hydrogens is 416 g/mol. The fourth-order valence-corrected chi connectivity index (χ4v) is 3.64. The monoisotopic (exact) mass is 432 g/mol. The van der Waals surface area contributed by atoms with E-state index in [1.807, 2.05) is 35.7 Å². The molecule has 0 aliphatic rings. The molecule has 0 spiro atoms. The maximum absolute atomic E-state index is 12.3. The summed E-state index contributed by atoms with van der Waals surface area (Å²) in [5.74, 6) is -0.385. The van der Waals surface area contributed by atoms with Gasteiger partial charge >= 0.3 is 5.69 Å². The summed E-state index contributed by atoms with van der Waals surface area (Å²) in [7, 11) is 0. The molecule has 4 rings (SSSR count). The lowest BCUT2D eigenvalue weighted by Crippen LogP contribution is -2.20. The lowest BCUT2D eigenvalue weighted by Gasteiger charge is -2.08. The van der Waals surface area contributed by atoms with Crippen LogP contribution in [0.15, 0.2) is 78.3 Å². The van der Waals surface area contributed by atoms with Gasteiger partial charge in [-0.05, 0) is 30.3 Å². The molecule has 9 heteroatoms. The van der Waals surface area contributed by atoms with Crippen LogP contribution >= 0.6 is 11.3 Å². The van der Waals surface area contributed by atoms with Gasteiger partial charge in [-0.1, -0.05) is 30.3 Å². The molecule has 0 bridgehead atoms. The van der Waals surface area contributed by atoms with Crippen molar-refractivity contribution in [3.8, 4) is 27.7 Å². The molecular formula is C22H16N4O4S. The van der Waals surface area contributed by atoms with Crippen molar-refractivity contribution in [3.63, 3.8) is 0 Å². The largest absolute Gasteiger partial charge is 0.477 e. The smallest absolute Gasteiger partial charge is 0.310 e. The molecule has 1 N–H and O–H groups in total. The van der Waals surface area contributed by atoms with Crippen molar-refractivity contribution >= 4 is 28.6 Å². The van der Waals surface area contributed by atoms with Crippen LogP contribution in [0, 0.1) is 10.1 Å². The van der Waals surface area contributed by atoms with Gasteiger partial charge in [0.05, 0.1) is 16.3 Å². The van der Waals surface area contributed by atoms with Gasteiger partial charge < -0.3 is 10.1 Å². The van der Waals surface area contributed by atoms with E-state index in [0.29, 0.717) is 5.69 Å². The molecule has 0 fully saturated rings. The number of hydrogen-bond acceptors (Lipinski definition) is 7. The third kappa shape index (κ3) is 4.90. The van der Waals surface area contributed by atoms with E-state index in [-0.39, 0.29) is 18.0 Å². The zero-order chi connectivity index (χ0) is 21.6. The standard InChI is InChI=1S/C22H16N4O4S/c27-21(13-30-20-10-2-1-9-19(20)26(28)29)24-16-7-5-6-15(12-16)18-14-31-22(25-18)17-8-3-4-11-23-17/h1-12,14H,13H2,(H,24,27). The van der Waals surface area contributed by atoms with Gasteiger partial charge in [0.2, 0.25) is 0 Å². The van der Waals surface area contributed by atoms with E-state index in [9.17, 15) is 14.9 Å². The second-order valence-corrected chi connectivity index (χ2v) is 7.25. The van der Waals surface area contributed by atoms with Crippen LogP contribution in [0.2, 0.25) is 0 Å². The molecule has 154 valence electrons. The average Bonchev–Trinajstić information content (AvgIpc) is 3.29. The van der Waals surface area contributed by atoms with E-state index in [1.165, 1.54) is 29.5 Å². The van der Waals surface area contributed by atoms with Crippen molar-refractivity contribution < 1.29 is 14.5 Å². The molecule has 0 atom stereocenters. The van der Waals surface area contributed by atoms with Crippen LogP contribution in [-0.4, -0.2) is 27.4 Å². The molecule has 0 saturated heterocycles. The number of nitro benzene ring substituents is 1. The van der Waals surface area contributed by atoms with Crippen molar-refractivity contribution in [3.05, 3.63) is 88.4 Å². The maximum Gasteiger partial charge on any atom is 0.310 e. The lowest BCUT2D eigenvalue weighted by molar-refractivity contribution is -0.385. The van der Waals surface area contributed by atoms with Gasteiger partial charge in [-0.15, -0.1) is 11.3 Å². The Morgan fingerprint density at radius 2 is 1.90 bits per heavy atom. The fraction of sp³-hybridized carbons (Fsp3) is 0.0455. The Balaban J connectivity index is 1.43. The second kappa shape index (κ2) is 9.14. The van der Waals surface area contributed by atoms with Crippen LogP contribution in [-0.2, 0) is 4.79 Å². The first-order chi connectivity index (χ1) is 15.1. The van der Waals surface area contributed by atoms with Crippen molar-refractivity contribution in [2.75, 3.05) is 11.9 Å². The highest BCUT2D eigenvalue weighted by Gasteiger charge is 2.15. The normalized spacial score (nSPS) is 10.5. The molecule has 0 aliphatic carbocycles. The van der Waals surface area contributed by atoms with Crippen LogP contribution in [0.5, 0.6) is 5.75 Å². The van der Waals surface area contributed by atoms with Crippen LogP contribution in [0.4, 0.5) is 11.4 Å². The molecule has 31 heavy (non-hydrogen) atoms. The van der Waals surface area contributed by atoms with Crippen molar-refractivity contribution in [2.24, 2.45) is 0 Å². The number of nitrogens with zero attached hydrogens (tertiary/aromatic N) is 3. The van der Waals surface area contributed by atoms with Gasteiger partial charge in [-0.25, -0.2) is 4.98 Å². The van der Waals surface area contributed by atoms with Gasteiger partial charge in [-0.3, -0.25) is 19.9 Å². The summed E-state index contributed by atoms with van der Waals surface area (Å²) >= 11 is 1.49. The summed E-state index contributed by atoms with van der Waals surface area (Å²) in [6.07, 6.45) is 1.72. The van der Waals surface area contributed by atoms with Crippen molar-refractivity contribution in [1.29, 1.82) is 0 Å². The number of thiazole rings is 1. The molecule has 2 heterocycles. The Kier molecular flexibility index (Phi) is 5.95. The lowest BCUT2D eigenvalue weighted by atomic mass is 10.1. The summed E-state index contributed by atoms with van der Waals surface area (Å²) in [5, 5.41) is 16.5. The van der Waals surface area contributed by atoms with Gasteiger partial charge in [0.1, 0.15) is 5.01 Å². The number of pyridine rings is 1. The number of nitrogens with one attached hydrogen (secondary N) is 1. The van der Waals surface area contributed by atoms with E-state index in [4.69, 9.17) is 4.74 Å². The molecule has 2 aromatic carbocycles. The molecule has 2 aromatic heterocycles. The highest BCUT2D eigenvalue weighted by atomic mass is 32.1. The fourth-order valence-electron chi connectivity index (χ4n) is 2.84. The summed E-state index contributed by atoms with van der Waals surface area (Å²) in [6, 6.07) is 18.8. The third-order valence-electron chi connectivity index (χ3n) is 4.25. The zero-order valence-corrected chi connectivity index (χ0v) is 16.9. The molecule has 1 amide bonds. The van der Waals surface area contributed by atoms with Gasteiger partial charge in [0, 0.05) is 28.9 Å². The molecule has 0 radical (unpaired) electrons. The molecule has 8 nitrogen and oxygen atoms in total. The third-order valence-corrected chi connectivity index (χ3v) is 5.12. The number of carbonyl (C=O) groups excluding carboxylic acids is 1. The minimum absolute atomic E-state index is 0.0425. The number of ether oxygens (including phenoxy) is 1. The summed E-state index contributed by atoms with van der Waals surface area (Å²) in [5.41, 5.74) is 2.80. The Morgan fingerprint density at radius 1 is 1.06 bits per heavy atom. The number of para-hydroxylation sites is 2. The van der Waals surface area contributed by atoms with Crippen molar-refractivity contribution in [2.45, 2.75) is 0 Å². The number of nitro groups is 1. The Morgan fingerprint density at radius 3 is 2.71 bits per heavy atom. The molecule has 0 saturated carbocycles. The predicted molar refractivity (Wildman–Crippen MR) is 118 cm³/mol. The quantitative estimate of drug-likeness (QED) is 0.332. The number of rotatable bonds is 7. The minimum atomic E-state index is -0.552. The topological polar surface area (TPSA) is 107 Å². The zero-order valence-electron chi connectivity index (χ0n) is 16.1. The minimum Gasteiger partial charge on any atom is -0.477 e. The van der Waals surface area contributed by atoms with E-state index in [1.54, 1.807) is 24.4 Å². The summed E-state index contributed by atoms with van der Waals surface area (Å²) in [6.45, 7) is -0.352. The number of hydrogen-bond donors (Lipinski definition) is 1. The molecule has 0 unspecified atom stereocenters. The first-order valence-corrected chi connectivity index (χ1v) is 10.1. The highest BCUT2D eigenvalue weighted by molar-refractivity contribution is 7.13. The Bertz CT molecular complexity index is 1230. The SMILES string of the molecule is O=C(COc1ccccc1[N+](=O)[O-])Nc1cccc(-c2csc(-c3ccccn3)n2)c1. The molecule has 0 aliphatic heterocycles. The van der Waals surface area contributed by atoms with Crippen LogP contribution < -0.4 is 10.1 Å². The maximum atomic E-state index is 12.3. The number of amides is 1. The number of benzene rings is 2. The average molecular weight is 432 g/mol. The van der Waals surface area contributed by atoms with E-state index in [0.717, 1.165) is 22.0 Å². The first-order valence-electron chi connectivity index (χ1n) is 9.23. The Hall–Kier alpha value is -4.11. The first kappa shape index (κ1) is 20.2. The van der Waals surface area contributed by atoms with Crippen LogP contribution in [0.3, 0.4) is 0 Å². The Labute approximate surface area is 181 Å². The van der Waals surface area contributed by atoms with Gasteiger partial charge in [0.25, 0.3) is 5.91 Å². The predicted octanol–water partition coefficient (Wildman–Crippen LogP) is 4.80. The summed E-state index contributed by atoms with van der Waals surface area (Å²) in [4.78, 5) is 31.7. The van der Waals surface area contributed by atoms with E-state index < -0.39 is 10.8 Å². The second-order valence-electron chi connectivity index (χ2n) is 6.40. The van der Waals surface area contributed by atoms with Gasteiger partial charge in [0.15, 0.2) is 12.4 Å². The number of carbonyl (C=O) groups is 1. The van der Waals surface area contributed by atoms with Crippen LogP contribution in [0.1, 0.15) is 0 Å². The van der Waals surface area contributed by atoms with Gasteiger partial charge in [-0.2, -0.15) is 0 Å². The number of aromatic nitrogens is 2. The van der Waals surface area contributed by atoms with Crippen molar-refractivity contribution in [1.82, 2.24) is 9.97 Å². The van der Waals surface area contributed by atoms with E-state index >= 15 is 0 Å². The summed E-state index contributed by atoms with van der Waals surface area (Å²) < 4.78 is 5.33. The molecule has 4 aromatic rings. The number of anilines is 1. The highest BCUT2D eigenvalue weighted by Crippen LogP contribution is 2.29. The van der Waals surface area contributed by atoms with E-state index in [2.05, 4.69) is 15.3 Å². The van der Waals surface area contributed by atoms with Crippen LogP contribution in [0.25, 0.3) is 22.0 Å².